The molecule has 0 aliphatic rings. The highest BCUT2D eigenvalue weighted by atomic mass is 32.1. The molecule has 88 valence electrons. The van der Waals surface area contributed by atoms with E-state index in [4.69, 9.17) is 12.2 Å². The van der Waals surface area contributed by atoms with Crippen LogP contribution < -0.4 is 5.32 Å². The topological polar surface area (TPSA) is 72.8 Å². The van der Waals surface area contributed by atoms with E-state index in [0.717, 1.165) is 16.5 Å². The van der Waals surface area contributed by atoms with Crippen LogP contribution in [0.2, 0.25) is 0 Å². The first-order valence-electron chi connectivity index (χ1n) is 5.07. The lowest BCUT2D eigenvalue weighted by Gasteiger charge is -1.95. The monoisotopic (exact) mass is 248 g/mol. The van der Waals surface area contributed by atoms with E-state index in [2.05, 4.69) is 20.5 Å². The van der Waals surface area contributed by atoms with Crippen LogP contribution in [0.25, 0.3) is 10.9 Å². The fraction of sp³-hybridized carbons (Fsp3) is 0.182. The van der Waals surface area contributed by atoms with Crippen molar-refractivity contribution in [3.8, 4) is 5.88 Å². The number of H-pyrrole nitrogens is 1. The lowest BCUT2D eigenvalue weighted by Crippen LogP contribution is -2.11. The van der Waals surface area contributed by atoms with Crippen LogP contribution in [0.1, 0.15) is 5.56 Å². The van der Waals surface area contributed by atoms with Gasteiger partial charge in [0, 0.05) is 12.4 Å². The molecule has 0 atom stereocenters. The summed E-state index contributed by atoms with van der Waals surface area (Å²) in [6, 6.07) is 5.73. The van der Waals surface area contributed by atoms with Crippen LogP contribution in [0.5, 0.6) is 5.88 Å². The van der Waals surface area contributed by atoms with E-state index < -0.39 is 0 Å². The van der Waals surface area contributed by atoms with Gasteiger partial charge in [0.1, 0.15) is 0 Å². The second-order valence-corrected chi connectivity index (χ2v) is 3.96. The minimum absolute atomic E-state index is 0.00282. The Labute approximate surface area is 104 Å². The summed E-state index contributed by atoms with van der Waals surface area (Å²) < 4.78 is 0. The van der Waals surface area contributed by atoms with Gasteiger partial charge in [0.15, 0.2) is 5.69 Å². The summed E-state index contributed by atoms with van der Waals surface area (Å²) in [6.07, 6.45) is 0. The van der Waals surface area contributed by atoms with Gasteiger partial charge < -0.3 is 15.4 Å². The number of azo groups is 1. The Kier molecular flexibility index (Phi) is 3.06. The van der Waals surface area contributed by atoms with Crippen LogP contribution in [0.4, 0.5) is 5.69 Å². The van der Waals surface area contributed by atoms with Crippen LogP contribution >= 0.6 is 12.2 Å². The molecule has 5 nitrogen and oxygen atoms in total. The fourth-order valence-corrected chi connectivity index (χ4v) is 1.62. The van der Waals surface area contributed by atoms with Gasteiger partial charge in [-0.3, -0.25) is 0 Å². The van der Waals surface area contributed by atoms with Gasteiger partial charge in [-0.25, -0.2) is 0 Å². The summed E-state index contributed by atoms with van der Waals surface area (Å²) in [7, 11) is 1.67. The third-order valence-corrected chi connectivity index (χ3v) is 2.74. The van der Waals surface area contributed by atoms with Crippen LogP contribution in [0.15, 0.2) is 28.4 Å². The molecular weight excluding hydrogens is 236 g/mol. The number of benzene rings is 1. The maximum atomic E-state index is 9.77. The number of rotatable bonds is 1. The molecule has 6 heteroatoms. The molecule has 3 N–H and O–H groups in total. The van der Waals surface area contributed by atoms with Crippen molar-refractivity contribution in [2.24, 2.45) is 10.2 Å². The molecule has 0 radical (unpaired) electrons. The van der Waals surface area contributed by atoms with Gasteiger partial charge in [-0.1, -0.05) is 18.2 Å². The summed E-state index contributed by atoms with van der Waals surface area (Å²) >= 11 is 4.86. The van der Waals surface area contributed by atoms with E-state index in [1.807, 2.05) is 25.1 Å². The summed E-state index contributed by atoms with van der Waals surface area (Å²) in [5.41, 5.74) is 2.30. The number of hydrogen-bond acceptors (Lipinski definition) is 3. The minimum Gasteiger partial charge on any atom is -0.493 e. The quantitative estimate of drug-likeness (QED) is 0.536. The Balaban J connectivity index is 2.54. The lowest BCUT2D eigenvalue weighted by atomic mass is 10.1. The average molecular weight is 248 g/mol. The lowest BCUT2D eigenvalue weighted by molar-refractivity contribution is 0.459. The number of aromatic amines is 1. The third kappa shape index (κ3) is 2.12. The van der Waals surface area contributed by atoms with Crippen molar-refractivity contribution >= 4 is 33.9 Å². The van der Waals surface area contributed by atoms with E-state index in [-0.39, 0.29) is 11.0 Å². The van der Waals surface area contributed by atoms with Gasteiger partial charge >= 0.3 is 0 Å². The average Bonchev–Trinajstić information content (AvgIpc) is 2.64. The molecule has 2 aromatic rings. The standard InChI is InChI=1S/C11H12N4OS/c1-6-4-3-5-7-8(6)13-10(16)9(7)14-15-11(17)12-2/h3-5,13,16H,1-2H3,(H,12,17). The van der Waals surface area contributed by atoms with E-state index in [0.29, 0.717) is 5.69 Å². The van der Waals surface area contributed by atoms with Gasteiger partial charge in [0.05, 0.1) is 5.52 Å². The van der Waals surface area contributed by atoms with Crippen molar-refractivity contribution in [1.29, 1.82) is 0 Å². The first-order chi connectivity index (χ1) is 8.13. The number of fused-ring (bicyclic) bond motifs is 1. The van der Waals surface area contributed by atoms with E-state index in [9.17, 15) is 5.11 Å². The molecule has 2 rings (SSSR count). The molecule has 1 aromatic heterocycles. The van der Waals surface area contributed by atoms with Crippen LogP contribution in [-0.2, 0) is 0 Å². The Morgan fingerprint density at radius 3 is 2.94 bits per heavy atom. The molecule has 1 heterocycles. The number of thiocarbonyl (C=S) groups is 1. The third-order valence-electron chi connectivity index (χ3n) is 2.45. The highest BCUT2D eigenvalue weighted by Gasteiger charge is 2.11. The SMILES string of the molecule is CNC(=S)N=Nc1c(O)[nH]c2c(C)cccc12. The van der Waals surface area contributed by atoms with Crippen molar-refractivity contribution in [3.63, 3.8) is 0 Å². The van der Waals surface area contributed by atoms with Crippen molar-refractivity contribution in [1.82, 2.24) is 10.3 Å². The molecule has 0 spiro atoms. The Bertz CT molecular complexity index is 603. The molecule has 0 saturated carbocycles. The largest absolute Gasteiger partial charge is 0.493 e. The molecular formula is C11H12N4OS. The van der Waals surface area contributed by atoms with Gasteiger partial charge in [-0.2, -0.15) is 0 Å². The zero-order valence-corrected chi connectivity index (χ0v) is 10.3. The molecule has 0 bridgehead atoms. The Hall–Kier alpha value is -1.95. The van der Waals surface area contributed by atoms with Crippen molar-refractivity contribution < 1.29 is 5.11 Å². The smallest absolute Gasteiger partial charge is 0.218 e. The fourth-order valence-electron chi connectivity index (χ4n) is 1.58. The van der Waals surface area contributed by atoms with E-state index in [1.54, 1.807) is 7.05 Å². The molecule has 0 aliphatic heterocycles. The second kappa shape index (κ2) is 4.50. The molecule has 0 fully saturated rings. The predicted octanol–water partition coefficient (Wildman–Crippen LogP) is 2.77. The maximum absolute atomic E-state index is 9.77. The van der Waals surface area contributed by atoms with Crippen molar-refractivity contribution in [2.75, 3.05) is 7.05 Å². The number of nitrogens with zero attached hydrogens (tertiary/aromatic N) is 2. The highest BCUT2D eigenvalue weighted by Crippen LogP contribution is 2.36. The Morgan fingerprint density at radius 1 is 1.47 bits per heavy atom. The zero-order valence-electron chi connectivity index (χ0n) is 9.48. The van der Waals surface area contributed by atoms with Crippen LogP contribution in [0, 0.1) is 6.92 Å². The van der Waals surface area contributed by atoms with Crippen molar-refractivity contribution in [2.45, 2.75) is 6.92 Å². The molecule has 0 saturated heterocycles. The number of aryl methyl sites for hydroxylation is 1. The molecule has 1 aromatic carbocycles. The highest BCUT2D eigenvalue weighted by molar-refractivity contribution is 7.80. The predicted molar refractivity (Wildman–Crippen MR) is 70.9 cm³/mol. The molecule has 0 amide bonds. The summed E-state index contributed by atoms with van der Waals surface area (Å²) in [6.45, 7) is 1.96. The van der Waals surface area contributed by atoms with E-state index in [1.165, 1.54) is 0 Å². The van der Waals surface area contributed by atoms with Crippen LogP contribution in [-0.4, -0.2) is 22.3 Å². The molecule has 17 heavy (non-hydrogen) atoms. The van der Waals surface area contributed by atoms with Gasteiger partial charge in [-0.15, -0.1) is 10.2 Å². The first-order valence-corrected chi connectivity index (χ1v) is 5.48. The number of para-hydroxylation sites is 1. The van der Waals surface area contributed by atoms with Crippen molar-refractivity contribution in [3.05, 3.63) is 23.8 Å². The zero-order chi connectivity index (χ0) is 12.4. The Morgan fingerprint density at radius 2 is 2.24 bits per heavy atom. The van der Waals surface area contributed by atoms with Gasteiger partial charge in [-0.05, 0) is 24.7 Å². The number of hydrogen-bond donors (Lipinski definition) is 3. The van der Waals surface area contributed by atoms with Crippen LogP contribution in [0.3, 0.4) is 0 Å². The van der Waals surface area contributed by atoms with Gasteiger partial charge in [0.2, 0.25) is 11.0 Å². The van der Waals surface area contributed by atoms with E-state index >= 15 is 0 Å². The number of aromatic hydroxyl groups is 1. The molecule has 0 unspecified atom stereocenters. The minimum atomic E-state index is -0.00282. The maximum Gasteiger partial charge on any atom is 0.218 e. The first kappa shape index (κ1) is 11.5. The normalized spacial score (nSPS) is 11.2. The molecule has 0 aliphatic carbocycles. The van der Waals surface area contributed by atoms with Gasteiger partial charge in [0.25, 0.3) is 0 Å². The second-order valence-electron chi connectivity index (χ2n) is 3.57. The summed E-state index contributed by atoms with van der Waals surface area (Å²) in [5, 5.41) is 21.3. The summed E-state index contributed by atoms with van der Waals surface area (Å²) in [5.74, 6) is -0.00282. The number of nitrogens with one attached hydrogen (secondary N) is 2. The number of aromatic nitrogens is 1. The summed E-state index contributed by atoms with van der Waals surface area (Å²) in [4.78, 5) is 2.88.